The summed E-state index contributed by atoms with van der Waals surface area (Å²) in [5, 5.41) is 10.8. The molecule has 0 aliphatic carbocycles. The molecule has 3 rings (SSSR count). The molecule has 0 radical (unpaired) electrons. The van der Waals surface area contributed by atoms with Gasteiger partial charge in [-0.05, 0) is 53.7 Å². The average molecular weight is 364 g/mol. The highest BCUT2D eigenvalue weighted by atomic mass is 32.2. The van der Waals surface area contributed by atoms with E-state index in [1.165, 1.54) is 28.9 Å². The summed E-state index contributed by atoms with van der Waals surface area (Å²) in [6, 6.07) is 8.63. The van der Waals surface area contributed by atoms with Crippen molar-refractivity contribution in [2.45, 2.75) is 17.3 Å². The van der Waals surface area contributed by atoms with Crippen LogP contribution >= 0.6 is 11.8 Å². The van der Waals surface area contributed by atoms with Gasteiger partial charge in [0.25, 0.3) is 0 Å². The zero-order valence-corrected chi connectivity index (χ0v) is 13.7. The zero-order chi connectivity index (χ0) is 18.0. The van der Waals surface area contributed by atoms with Gasteiger partial charge in [0, 0.05) is 5.56 Å². The molecule has 9 heteroatoms. The molecule has 1 atom stereocenters. The molecule has 0 saturated carbocycles. The lowest BCUT2D eigenvalue weighted by Crippen LogP contribution is -2.15. The Hall–Kier alpha value is -2.68. The number of ketones is 1. The summed E-state index contributed by atoms with van der Waals surface area (Å²) in [7, 11) is 0. The molecule has 0 saturated heterocycles. The van der Waals surface area contributed by atoms with E-state index in [2.05, 4.69) is 15.5 Å². The van der Waals surface area contributed by atoms with Crippen LogP contribution in [0.5, 0.6) is 0 Å². The second-order valence-corrected chi connectivity index (χ2v) is 6.41. The summed E-state index contributed by atoms with van der Waals surface area (Å²) >= 11 is 1.03. The van der Waals surface area contributed by atoms with E-state index in [1.54, 1.807) is 13.0 Å². The summed E-state index contributed by atoms with van der Waals surface area (Å²) in [5.74, 6) is -2.97. The summed E-state index contributed by atoms with van der Waals surface area (Å²) in [5.41, 5.74) is 0.448. The van der Waals surface area contributed by atoms with Gasteiger partial charge in [-0.15, -0.1) is 5.10 Å². The highest BCUT2D eigenvalue weighted by Gasteiger charge is 2.21. The Bertz CT molecular complexity index is 931. The van der Waals surface area contributed by atoms with Crippen molar-refractivity contribution in [2.75, 3.05) is 0 Å². The zero-order valence-electron chi connectivity index (χ0n) is 12.9. The molecule has 1 aromatic heterocycles. The molecule has 0 aliphatic heterocycles. The van der Waals surface area contributed by atoms with Crippen LogP contribution in [-0.2, 0) is 0 Å². The Kier molecular flexibility index (Phi) is 4.84. The van der Waals surface area contributed by atoms with Gasteiger partial charge in [-0.3, -0.25) is 4.79 Å². The van der Waals surface area contributed by atoms with Crippen molar-refractivity contribution in [3.8, 4) is 5.69 Å². The number of tetrazole rings is 1. The van der Waals surface area contributed by atoms with Crippen molar-refractivity contribution in [1.82, 2.24) is 20.2 Å². The maximum absolute atomic E-state index is 13.4. The Morgan fingerprint density at radius 2 is 1.92 bits per heavy atom. The van der Waals surface area contributed by atoms with Crippen LogP contribution in [0.15, 0.2) is 47.6 Å². The fourth-order valence-corrected chi connectivity index (χ4v) is 3.00. The minimum Gasteiger partial charge on any atom is -0.293 e. The third kappa shape index (κ3) is 3.71. The van der Waals surface area contributed by atoms with Gasteiger partial charge >= 0.3 is 0 Å². The maximum Gasteiger partial charge on any atom is 0.214 e. The van der Waals surface area contributed by atoms with Gasteiger partial charge in [0.15, 0.2) is 17.4 Å². The number of hydrogen-bond acceptors (Lipinski definition) is 5. The number of carbonyl (C=O) groups is 1. The van der Waals surface area contributed by atoms with Crippen molar-refractivity contribution >= 4 is 17.5 Å². The van der Waals surface area contributed by atoms with E-state index in [-0.39, 0.29) is 10.7 Å². The molecule has 5 nitrogen and oxygen atoms in total. The summed E-state index contributed by atoms with van der Waals surface area (Å²) in [6.07, 6.45) is 0. The largest absolute Gasteiger partial charge is 0.293 e. The van der Waals surface area contributed by atoms with E-state index in [1.807, 2.05) is 0 Å². The minimum atomic E-state index is -1.09. The van der Waals surface area contributed by atoms with Crippen LogP contribution in [0.3, 0.4) is 0 Å². The van der Waals surface area contributed by atoms with Crippen LogP contribution in [0.4, 0.5) is 13.2 Å². The fraction of sp³-hybridized carbons (Fsp3) is 0.125. The molecule has 0 aliphatic rings. The lowest BCUT2D eigenvalue weighted by Gasteiger charge is -2.10. The van der Waals surface area contributed by atoms with Crippen molar-refractivity contribution < 1.29 is 18.0 Å². The van der Waals surface area contributed by atoms with Gasteiger partial charge in [-0.1, -0.05) is 17.8 Å². The molecular weight excluding hydrogens is 353 g/mol. The van der Waals surface area contributed by atoms with Crippen molar-refractivity contribution in [2.24, 2.45) is 0 Å². The van der Waals surface area contributed by atoms with Crippen LogP contribution in [-0.4, -0.2) is 31.2 Å². The monoisotopic (exact) mass is 364 g/mol. The van der Waals surface area contributed by atoms with E-state index in [0.717, 1.165) is 23.9 Å². The first-order chi connectivity index (χ1) is 12.0. The van der Waals surface area contributed by atoms with Crippen LogP contribution in [0.1, 0.15) is 17.3 Å². The number of aromatic nitrogens is 4. The first kappa shape index (κ1) is 17.2. The van der Waals surface area contributed by atoms with Gasteiger partial charge in [0.05, 0.1) is 10.9 Å². The van der Waals surface area contributed by atoms with E-state index in [9.17, 15) is 18.0 Å². The highest BCUT2D eigenvalue weighted by molar-refractivity contribution is 8.00. The first-order valence-corrected chi connectivity index (χ1v) is 8.04. The molecule has 0 spiro atoms. The van der Waals surface area contributed by atoms with Crippen molar-refractivity contribution in [3.05, 3.63) is 65.5 Å². The Balaban J connectivity index is 1.82. The third-order valence-corrected chi connectivity index (χ3v) is 4.38. The number of nitrogens with zero attached hydrogens (tertiary/aromatic N) is 4. The predicted octanol–water partition coefficient (Wildman–Crippen LogP) is 3.44. The topological polar surface area (TPSA) is 60.7 Å². The third-order valence-electron chi connectivity index (χ3n) is 3.35. The Labute approximate surface area is 144 Å². The molecule has 3 aromatic rings. The van der Waals surface area contributed by atoms with E-state index >= 15 is 0 Å². The molecule has 128 valence electrons. The van der Waals surface area contributed by atoms with Gasteiger partial charge in [-0.2, -0.15) is 4.68 Å². The number of Topliss-reactive ketones (excluding diaryl/α,β-unsaturated/α-hetero) is 1. The number of carbonyl (C=O) groups excluding carboxylic acids is 1. The second kappa shape index (κ2) is 7.06. The number of thioether (sulfide) groups is 1. The summed E-state index contributed by atoms with van der Waals surface area (Å²) in [6.45, 7) is 1.60. The molecule has 0 amide bonds. The predicted molar refractivity (Wildman–Crippen MR) is 85.1 cm³/mol. The molecule has 0 bridgehead atoms. The molecular formula is C16H11F3N4OS. The second-order valence-electron chi connectivity index (χ2n) is 5.11. The standard InChI is InChI=1S/C16H11F3N4OS/c1-9(15(24)10-5-6-13(18)14(19)7-10)25-16-20-21-22-23(16)12-4-2-3-11(17)8-12/h2-9H,1H3/t9-/m0/s1. The van der Waals surface area contributed by atoms with Crippen LogP contribution in [0.2, 0.25) is 0 Å². The highest BCUT2D eigenvalue weighted by Crippen LogP contribution is 2.26. The summed E-state index contributed by atoms with van der Waals surface area (Å²) < 4.78 is 40.9. The molecule has 1 heterocycles. The molecule has 25 heavy (non-hydrogen) atoms. The first-order valence-electron chi connectivity index (χ1n) is 7.16. The van der Waals surface area contributed by atoms with Crippen LogP contribution in [0, 0.1) is 17.5 Å². The number of halogens is 3. The number of benzene rings is 2. The average Bonchev–Trinajstić information content (AvgIpc) is 3.04. The number of rotatable bonds is 5. The molecule has 0 unspecified atom stereocenters. The summed E-state index contributed by atoms with van der Waals surface area (Å²) in [4.78, 5) is 12.4. The van der Waals surface area contributed by atoms with Crippen LogP contribution < -0.4 is 0 Å². The van der Waals surface area contributed by atoms with Gasteiger partial charge < -0.3 is 0 Å². The molecule has 0 fully saturated rings. The Morgan fingerprint density at radius 1 is 1.12 bits per heavy atom. The van der Waals surface area contributed by atoms with E-state index < -0.39 is 28.5 Å². The maximum atomic E-state index is 13.4. The van der Waals surface area contributed by atoms with Gasteiger partial charge in [0.2, 0.25) is 5.16 Å². The Morgan fingerprint density at radius 3 is 2.64 bits per heavy atom. The quantitative estimate of drug-likeness (QED) is 0.513. The SMILES string of the molecule is C[C@H](Sc1nnnn1-c1cccc(F)c1)C(=O)c1ccc(F)c(F)c1. The van der Waals surface area contributed by atoms with E-state index in [0.29, 0.717) is 5.69 Å². The van der Waals surface area contributed by atoms with Gasteiger partial charge in [-0.25, -0.2) is 13.2 Å². The van der Waals surface area contributed by atoms with Crippen molar-refractivity contribution in [3.63, 3.8) is 0 Å². The lowest BCUT2D eigenvalue weighted by molar-refractivity contribution is 0.0993. The lowest BCUT2D eigenvalue weighted by atomic mass is 10.1. The normalized spacial score (nSPS) is 12.2. The molecule has 2 aromatic carbocycles. The minimum absolute atomic E-state index is 0.0451. The fourth-order valence-electron chi connectivity index (χ4n) is 2.12. The smallest absolute Gasteiger partial charge is 0.214 e. The van der Waals surface area contributed by atoms with Gasteiger partial charge in [0.1, 0.15) is 5.82 Å². The van der Waals surface area contributed by atoms with E-state index in [4.69, 9.17) is 0 Å². The molecule has 0 N–H and O–H groups in total. The van der Waals surface area contributed by atoms with Crippen molar-refractivity contribution in [1.29, 1.82) is 0 Å². The van der Waals surface area contributed by atoms with Crippen LogP contribution in [0.25, 0.3) is 5.69 Å². The number of hydrogen-bond donors (Lipinski definition) is 0.